The third-order valence-electron chi connectivity index (χ3n) is 3.06. The summed E-state index contributed by atoms with van der Waals surface area (Å²) in [5.74, 6) is 1.84. The Morgan fingerprint density at radius 3 is 3.06 bits per heavy atom. The van der Waals surface area contributed by atoms with Gasteiger partial charge in [-0.15, -0.1) is 0 Å². The average molecular weight is 219 g/mol. The summed E-state index contributed by atoms with van der Waals surface area (Å²) in [5, 5.41) is 3.25. The van der Waals surface area contributed by atoms with E-state index >= 15 is 0 Å². The fourth-order valence-electron chi connectivity index (χ4n) is 2.25. The quantitative estimate of drug-likeness (QED) is 0.842. The molecule has 0 bridgehead atoms. The van der Waals surface area contributed by atoms with Gasteiger partial charge in [0.25, 0.3) is 0 Å². The van der Waals surface area contributed by atoms with E-state index < -0.39 is 0 Å². The van der Waals surface area contributed by atoms with Crippen LogP contribution in [0.25, 0.3) is 0 Å². The van der Waals surface area contributed by atoms with Gasteiger partial charge in [0.1, 0.15) is 5.82 Å². The highest BCUT2D eigenvalue weighted by atomic mass is 15.2. The first-order valence-corrected chi connectivity index (χ1v) is 6.20. The van der Waals surface area contributed by atoms with E-state index in [1.54, 1.807) is 0 Å². The predicted molar refractivity (Wildman–Crippen MR) is 67.5 cm³/mol. The van der Waals surface area contributed by atoms with Crippen molar-refractivity contribution in [2.75, 3.05) is 25.0 Å². The summed E-state index contributed by atoms with van der Waals surface area (Å²) < 4.78 is 0. The highest BCUT2D eigenvalue weighted by Gasteiger charge is 2.18. The zero-order valence-corrected chi connectivity index (χ0v) is 10.2. The summed E-state index contributed by atoms with van der Waals surface area (Å²) in [6, 6.07) is 6.23. The number of hydrogen-bond acceptors (Lipinski definition) is 3. The Kier molecular flexibility index (Phi) is 3.78. The van der Waals surface area contributed by atoms with Crippen LogP contribution in [0.15, 0.2) is 18.2 Å². The second kappa shape index (κ2) is 5.30. The van der Waals surface area contributed by atoms with E-state index in [0.29, 0.717) is 0 Å². The van der Waals surface area contributed by atoms with Gasteiger partial charge in [0, 0.05) is 19.6 Å². The number of likely N-dealkylation sites (tertiary alicyclic amines) is 1. The van der Waals surface area contributed by atoms with Crippen LogP contribution in [-0.2, 0) is 6.54 Å². The summed E-state index contributed by atoms with van der Waals surface area (Å²) >= 11 is 0. The van der Waals surface area contributed by atoms with Crippen LogP contribution in [-0.4, -0.2) is 29.5 Å². The molecule has 1 unspecified atom stereocenters. The maximum Gasteiger partial charge on any atom is 0.126 e. The molecule has 2 rings (SSSR count). The molecule has 1 N–H and O–H groups in total. The molecule has 0 radical (unpaired) electrons. The normalized spacial score (nSPS) is 21.2. The van der Waals surface area contributed by atoms with Crippen molar-refractivity contribution in [2.45, 2.75) is 26.8 Å². The topological polar surface area (TPSA) is 28.2 Å². The number of nitrogens with zero attached hydrogens (tertiary/aromatic N) is 2. The molecule has 1 atom stereocenters. The molecule has 1 aromatic rings. The molecule has 1 aliphatic rings. The highest BCUT2D eigenvalue weighted by molar-refractivity contribution is 5.34. The van der Waals surface area contributed by atoms with Crippen LogP contribution < -0.4 is 5.32 Å². The number of anilines is 1. The van der Waals surface area contributed by atoms with Crippen molar-refractivity contribution in [1.82, 2.24) is 9.88 Å². The van der Waals surface area contributed by atoms with E-state index in [4.69, 9.17) is 0 Å². The largest absolute Gasteiger partial charge is 0.370 e. The second-order valence-corrected chi connectivity index (χ2v) is 4.67. The molecule has 3 heteroatoms. The van der Waals surface area contributed by atoms with Gasteiger partial charge in [-0.2, -0.15) is 0 Å². The number of nitrogens with one attached hydrogen (secondary N) is 1. The lowest BCUT2D eigenvalue weighted by molar-refractivity contribution is 0.316. The summed E-state index contributed by atoms with van der Waals surface area (Å²) in [7, 11) is 0. The highest BCUT2D eigenvalue weighted by Crippen LogP contribution is 2.17. The molecule has 0 aliphatic carbocycles. The van der Waals surface area contributed by atoms with E-state index in [1.165, 1.54) is 25.2 Å². The Balaban J connectivity index is 1.95. The first-order valence-electron chi connectivity index (χ1n) is 6.20. The standard InChI is InChI=1S/C13H21N3/c1-3-14-13-6-4-5-12(15-13)10-16-8-7-11(2)9-16/h4-6,11H,3,7-10H2,1-2H3,(H,14,15). The maximum atomic E-state index is 4.60. The smallest absolute Gasteiger partial charge is 0.126 e. The zero-order chi connectivity index (χ0) is 11.4. The minimum absolute atomic E-state index is 0.844. The van der Waals surface area contributed by atoms with Gasteiger partial charge in [-0.1, -0.05) is 13.0 Å². The summed E-state index contributed by atoms with van der Waals surface area (Å²) in [5.41, 5.74) is 1.17. The van der Waals surface area contributed by atoms with Crippen LogP contribution in [0.2, 0.25) is 0 Å². The van der Waals surface area contributed by atoms with Crippen LogP contribution in [0.5, 0.6) is 0 Å². The van der Waals surface area contributed by atoms with Gasteiger partial charge in [0.05, 0.1) is 5.69 Å². The molecule has 0 spiro atoms. The molecular formula is C13H21N3. The van der Waals surface area contributed by atoms with Crippen LogP contribution in [0.3, 0.4) is 0 Å². The molecule has 0 amide bonds. The monoisotopic (exact) mass is 219 g/mol. The molecule has 88 valence electrons. The third kappa shape index (κ3) is 2.95. The van der Waals surface area contributed by atoms with Gasteiger partial charge in [-0.3, -0.25) is 4.90 Å². The van der Waals surface area contributed by atoms with Gasteiger partial charge >= 0.3 is 0 Å². The van der Waals surface area contributed by atoms with Crippen LogP contribution in [0, 0.1) is 5.92 Å². The van der Waals surface area contributed by atoms with Gasteiger partial charge in [0.2, 0.25) is 0 Å². The average Bonchev–Trinajstić information content (AvgIpc) is 2.65. The molecule has 16 heavy (non-hydrogen) atoms. The predicted octanol–water partition coefficient (Wildman–Crippen LogP) is 2.36. The van der Waals surface area contributed by atoms with E-state index in [-0.39, 0.29) is 0 Å². The van der Waals surface area contributed by atoms with Crippen molar-refractivity contribution >= 4 is 5.82 Å². The van der Waals surface area contributed by atoms with Crippen molar-refractivity contribution in [1.29, 1.82) is 0 Å². The number of aromatic nitrogens is 1. The zero-order valence-electron chi connectivity index (χ0n) is 10.2. The number of pyridine rings is 1. The van der Waals surface area contributed by atoms with Gasteiger partial charge in [-0.05, 0) is 37.9 Å². The second-order valence-electron chi connectivity index (χ2n) is 4.67. The van der Waals surface area contributed by atoms with Crippen molar-refractivity contribution < 1.29 is 0 Å². The fourth-order valence-corrected chi connectivity index (χ4v) is 2.25. The first-order chi connectivity index (χ1) is 7.78. The Labute approximate surface area is 97.9 Å². The summed E-state index contributed by atoms with van der Waals surface area (Å²) in [6.45, 7) is 8.77. The van der Waals surface area contributed by atoms with Gasteiger partial charge in [0.15, 0.2) is 0 Å². The molecule has 0 aromatic carbocycles. The number of hydrogen-bond donors (Lipinski definition) is 1. The minimum Gasteiger partial charge on any atom is -0.370 e. The molecular weight excluding hydrogens is 198 g/mol. The van der Waals surface area contributed by atoms with E-state index in [9.17, 15) is 0 Å². The Morgan fingerprint density at radius 1 is 1.50 bits per heavy atom. The Hall–Kier alpha value is -1.09. The van der Waals surface area contributed by atoms with Gasteiger partial charge in [-0.25, -0.2) is 4.98 Å². The molecule has 0 saturated carbocycles. The summed E-state index contributed by atoms with van der Waals surface area (Å²) in [6.07, 6.45) is 1.33. The van der Waals surface area contributed by atoms with Crippen molar-refractivity contribution in [3.05, 3.63) is 23.9 Å². The maximum absolute atomic E-state index is 4.60. The van der Waals surface area contributed by atoms with E-state index in [1.807, 2.05) is 6.07 Å². The Bertz CT molecular complexity index is 338. The van der Waals surface area contributed by atoms with Crippen LogP contribution >= 0.6 is 0 Å². The van der Waals surface area contributed by atoms with Crippen molar-refractivity contribution in [3.63, 3.8) is 0 Å². The molecule has 1 aromatic heterocycles. The summed E-state index contributed by atoms with van der Waals surface area (Å²) in [4.78, 5) is 7.09. The molecule has 2 heterocycles. The van der Waals surface area contributed by atoms with Crippen LogP contribution in [0.1, 0.15) is 26.0 Å². The van der Waals surface area contributed by atoms with E-state index in [2.05, 4.69) is 41.2 Å². The molecule has 3 nitrogen and oxygen atoms in total. The third-order valence-corrected chi connectivity index (χ3v) is 3.06. The molecule has 1 aliphatic heterocycles. The first kappa shape index (κ1) is 11.4. The molecule has 1 saturated heterocycles. The fraction of sp³-hybridized carbons (Fsp3) is 0.615. The number of rotatable bonds is 4. The SMILES string of the molecule is CCNc1cccc(CN2CCC(C)C2)n1. The minimum atomic E-state index is 0.844. The Morgan fingerprint density at radius 2 is 2.38 bits per heavy atom. The lowest BCUT2D eigenvalue weighted by Gasteiger charge is -2.15. The van der Waals surface area contributed by atoms with Crippen molar-refractivity contribution in [2.24, 2.45) is 5.92 Å². The lowest BCUT2D eigenvalue weighted by Crippen LogP contribution is -2.20. The lowest BCUT2D eigenvalue weighted by atomic mass is 10.2. The van der Waals surface area contributed by atoms with E-state index in [0.717, 1.165) is 24.8 Å². The van der Waals surface area contributed by atoms with Gasteiger partial charge < -0.3 is 5.32 Å². The van der Waals surface area contributed by atoms with Crippen LogP contribution in [0.4, 0.5) is 5.82 Å². The molecule has 1 fully saturated rings. The van der Waals surface area contributed by atoms with Crippen molar-refractivity contribution in [3.8, 4) is 0 Å².